The molecule has 2 atom stereocenters. The lowest BCUT2D eigenvalue weighted by Gasteiger charge is -2.28. The number of para-hydroxylation sites is 1. The van der Waals surface area contributed by atoms with Crippen LogP contribution in [0.25, 0.3) is 0 Å². The van der Waals surface area contributed by atoms with Crippen LogP contribution >= 0.6 is 0 Å². The van der Waals surface area contributed by atoms with Crippen molar-refractivity contribution in [2.24, 2.45) is 11.8 Å². The molecule has 1 aliphatic rings. The number of benzene rings is 2. The lowest BCUT2D eigenvalue weighted by molar-refractivity contribution is -0.313. The Morgan fingerprint density at radius 2 is 1.54 bits per heavy atom. The van der Waals surface area contributed by atoms with Crippen LogP contribution in [0, 0.1) is 11.8 Å². The predicted octanol–water partition coefficient (Wildman–Crippen LogP) is 2.23. The number of aliphatic carboxylic acids is 1. The Hall–Kier alpha value is -3.41. The monoisotopic (exact) mass is 377 g/mol. The molecule has 0 saturated carbocycles. The molecule has 0 heterocycles. The fourth-order valence-electron chi connectivity index (χ4n) is 3.26. The van der Waals surface area contributed by atoms with Gasteiger partial charge in [0.1, 0.15) is 0 Å². The fraction of sp³-hybridized carbons (Fsp3) is 0.227. The van der Waals surface area contributed by atoms with Gasteiger partial charge in [-0.25, -0.2) is 0 Å². The van der Waals surface area contributed by atoms with E-state index in [1.165, 1.54) is 0 Å². The first-order valence-corrected chi connectivity index (χ1v) is 9.07. The fourth-order valence-corrected chi connectivity index (χ4v) is 3.26. The van der Waals surface area contributed by atoms with Crippen molar-refractivity contribution in [3.63, 3.8) is 0 Å². The normalized spacial score (nSPS) is 18.3. The molecule has 1 aliphatic carbocycles. The molecule has 0 saturated heterocycles. The number of carboxylic acid groups (broad SMARTS) is 1. The molecule has 1 N–H and O–H groups in total. The van der Waals surface area contributed by atoms with Gasteiger partial charge in [-0.15, -0.1) is 0 Å². The molecule has 0 radical (unpaired) electrons. The molecule has 6 nitrogen and oxygen atoms in total. The Balaban J connectivity index is 1.67. The molecule has 144 valence electrons. The minimum absolute atomic E-state index is 0.168. The van der Waals surface area contributed by atoms with Gasteiger partial charge in [0, 0.05) is 35.9 Å². The second-order valence-corrected chi connectivity index (χ2v) is 6.74. The zero-order valence-electron chi connectivity index (χ0n) is 15.5. The Labute approximate surface area is 163 Å². The maximum absolute atomic E-state index is 12.6. The number of nitrogens with one attached hydrogen (secondary N) is 1. The van der Waals surface area contributed by atoms with Crippen molar-refractivity contribution in [2.45, 2.75) is 12.8 Å². The molecule has 2 aromatic carbocycles. The summed E-state index contributed by atoms with van der Waals surface area (Å²) < 4.78 is 0. The highest BCUT2D eigenvalue weighted by Crippen LogP contribution is 2.27. The van der Waals surface area contributed by atoms with Gasteiger partial charge in [0.05, 0.1) is 5.92 Å². The van der Waals surface area contributed by atoms with Gasteiger partial charge < -0.3 is 20.1 Å². The zero-order valence-corrected chi connectivity index (χ0v) is 15.5. The van der Waals surface area contributed by atoms with Gasteiger partial charge in [-0.2, -0.15) is 0 Å². The van der Waals surface area contributed by atoms with E-state index in [9.17, 15) is 19.5 Å². The smallest absolute Gasteiger partial charge is 0.258 e. The van der Waals surface area contributed by atoms with Crippen LogP contribution in [0.3, 0.4) is 0 Å². The summed E-state index contributed by atoms with van der Waals surface area (Å²) in [5.41, 5.74) is 1.77. The number of hydrogen-bond donors (Lipinski definition) is 1. The number of anilines is 2. The molecule has 0 unspecified atom stereocenters. The predicted molar refractivity (Wildman–Crippen MR) is 105 cm³/mol. The van der Waals surface area contributed by atoms with E-state index in [0.29, 0.717) is 24.1 Å². The number of carbonyl (C=O) groups is 3. The molecule has 2 aromatic rings. The van der Waals surface area contributed by atoms with Crippen LogP contribution in [0.5, 0.6) is 0 Å². The number of carbonyl (C=O) groups excluding carboxylic acids is 3. The average molecular weight is 377 g/mol. The summed E-state index contributed by atoms with van der Waals surface area (Å²) in [4.78, 5) is 37.9. The third-order valence-corrected chi connectivity index (χ3v) is 4.92. The lowest BCUT2D eigenvalue weighted by atomic mass is 9.82. The summed E-state index contributed by atoms with van der Waals surface area (Å²) in [6.07, 6.45) is 4.22. The molecule has 0 bridgehead atoms. The second-order valence-electron chi connectivity index (χ2n) is 6.74. The zero-order chi connectivity index (χ0) is 20.1. The van der Waals surface area contributed by atoms with E-state index >= 15 is 0 Å². The van der Waals surface area contributed by atoms with Gasteiger partial charge in [0.2, 0.25) is 5.91 Å². The third-order valence-electron chi connectivity index (χ3n) is 4.92. The minimum Gasteiger partial charge on any atom is -0.550 e. The summed E-state index contributed by atoms with van der Waals surface area (Å²) >= 11 is 0. The van der Waals surface area contributed by atoms with Gasteiger partial charge >= 0.3 is 0 Å². The summed E-state index contributed by atoms with van der Waals surface area (Å²) in [5.74, 6) is -3.24. The molecule has 0 spiro atoms. The molecular weight excluding hydrogens is 356 g/mol. The number of amides is 2. The van der Waals surface area contributed by atoms with Gasteiger partial charge in [-0.05, 0) is 49.2 Å². The molecule has 0 fully saturated rings. The Kier molecular flexibility index (Phi) is 5.89. The van der Waals surface area contributed by atoms with Crippen LogP contribution in [-0.2, 0) is 9.59 Å². The number of nitrogens with zero attached hydrogens (tertiary/aromatic N) is 1. The van der Waals surface area contributed by atoms with E-state index in [1.54, 1.807) is 42.3 Å². The van der Waals surface area contributed by atoms with Crippen molar-refractivity contribution in [1.29, 1.82) is 0 Å². The summed E-state index contributed by atoms with van der Waals surface area (Å²) in [7, 11) is 1.70. The topological polar surface area (TPSA) is 89.5 Å². The quantitative estimate of drug-likeness (QED) is 0.809. The summed E-state index contributed by atoms with van der Waals surface area (Å²) in [5, 5.41) is 14.0. The molecule has 0 aliphatic heterocycles. The van der Waals surface area contributed by atoms with E-state index in [0.717, 1.165) is 5.69 Å². The number of rotatable bonds is 5. The Morgan fingerprint density at radius 1 is 0.929 bits per heavy atom. The van der Waals surface area contributed by atoms with Crippen LogP contribution in [-0.4, -0.2) is 24.8 Å². The van der Waals surface area contributed by atoms with Gasteiger partial charge in [-0.3, -0.25) is 9.59 Å². The lowest BCUT2D eigenvalue weighted by Crippen LogP contribution is -2.41. The van der Waals surface area contributed by atoms with Crippen molar-refractivity contribution in [3.05, 3.63) is 72.3 Å². The minimum atomic E-state index is -1.21. The maximum atomic E-state index is 12.6. The van der Waals surface area contributed by atoms with Crippen LogP contribution in [0.1, 0.15) is 23.2 Å². The number of hydrogen-bond acceptors (Lipinski definition) is 4. The van der Waals surface area contributed by atoms with E-state index in [4.69, 9.17) is 0 Å². The first kappa shape index (κ1) is 19.4. The number of allylic oxidation sites excluding steroid dienone is 2. The average Bonchev–Trinajstić information content (AvgIpc) is 2.73. The Morgan fingerprint density at radius 3 is 2.14 bits per heavy atom. The van der Waals surface area contributed by atoms with E-state index < -0.39 is 17.8 Å². The van der Waals surface area contributed by atoms with Crippen LogP contribution in [0.4, 0.5) is 11.4 Å². The van der Waals surface area contributed by atoms with E-state index in [2.05, 4.69) is 5.32 Å². The summed E-state index contributed by atoms with van der Waals surface area (Å²) in [6, 6.07) is 15.8. The maximum Gasteiger partial charge on any atom is 0.258 e. The molecule has 2 amide bonds. The first-order valence-electron chi connectivity index (χ1n) is 9.07. The molecule has 0 aromatic heterocycles. The highest BCUT2D eigenvalue weighted by atomic mass is 16.4. The van der Waals surface area contributed by atoms with Crippen molar-refractivity contribution in [3.8, 4) is 0 Å². The van der Waals surface area contributed by atoms with Gasteiger partial charge in [0.25, 0.3) is 5.91 Å². The highest BCUT2D eigenvalue weighted by Gasteiger charge is 2.29. The first-order chi connectivity index (χ1) is 13.5. The van der Waals surface area contributed by atoms with E-state index in [1.807, 2.05) is 36.4 Å². The van der Waals surface area contributed by atoms with Crippen LogP contribution < -0.4 is 15.3 Å². The standard InChI is InChI=1S/C22H22N2O4/c1-24(17-7-3-2-4-8-17)21(26)15-11-13-16(14-12-15)23-20(25)18-9-5-6-10-19(18)22(27)28/h2-8,11-14,18-19H,9-10H2,1H3,(H,23,25)(H,27,28)/p-1/t18-,19-/m0/s1. The highest BCUT2D eigenvalue weighted by molar-refractivity contribution is 6.06. The van der Waals surface area contributed by atoms with Crippen molar-refractivity contribution in [2.75, 3.05) is 17.3 Å². The molecule has 3 rings (SSSR count). The Bertz CT molecular complexity index is 891. The van der Waals surface area contributed by atoms with Crippen molar-refractivity contribution < 1.29 is 19.5 Å². The molecule has 28 heavy (non-hydrogen) atoms. The van der Waals surface area contributed by atoms with Crippen molar-refractivity contribution >= 4 is 29.2 Å². The summed E-state index contributed by atoms with van der Waals surface area (Å²) in [6.45, 7) is 0. The van der Waals surface area contributed by atoms with Gasteiger partial charge in [-0.1, -0.05) is 30.4 Å². The largest absolute Gasteiger partial charge is 0.550 e. The second kappa shape index (κ2) is 8.52. The van der Waals surface area contributed by atoms with Crippen LogP contribution in [0.2, 0.25) is 0 Å². The molecular formula is C22H21N2O4-. The van der Waals surface area contributed by atoms with Crippen molar-refractivity contribution in [1.82, 2.24) is 0 Å². The van der Waals surface area contributed by atoms with Gasteiger partial charge in [0.15, 0.2) is 0 Å². The third kappa shape index (κ3) is 4.28. The molecule has 6 heteroatoms. The number of carboxylic acids is 1. The SMILES string of the molecule is CN(C(=O)c1ccc(NC(=O)[C@H]2CC=CC[C@@H]2C(=O)[O-])cc1)c1ccccc1. The van der Waals surface area contributed by atoms with Crippen LogP contribution in [0.15, 0.2) is 66.7 Å². The van der Waals surface area contributed by atoms with E-state index in [-0.39, 0.29) is 11.8 Å².